The van der Waals surface area contributed by atoms with Gasteiger partial charge in [-0.25, -0.2) is 0 Å². The number of hydrogen-bond acceptors (Lipinski definition) is 5. The van der Waals surface area contributed by atoms with Gasteiger partial charge in [0, 0.05) is 11.6 Å². The normalized spacial score (nSPS) is 15.1. The number of methoxy groups -OCH3 is 3. The van der Waals surface area contributed by atoms with Crippen molar-refractivity contribution < 1.29 is 19.0 Å². The van der Waals surface area contributed by atoms with Gasteiger partial charge in [-0.15, -0.1) is 0 Å². The molecule has 1 fully saturated rings. The number of carbonyl (C=O) groups excluding carboxylic acids is 1. The molecule has 0 atom stereocenters. The van der Waals surface area contributed by atoms with Gasteiger partial charge in [0.25, 0.3) is 5.91 Å². The van der Waals surface area contributed by atoms with Crippen LogP contribution in [0.1, 0.15) is 5.56 Å². The number of benzene rings is 2. The Morgan fingerprint density at radius 3 is 2.30 bits per heavy atom. The molecule has 1 heterocycles. The van der Waals surface area contributed by atoms with Crippen LogP contribution in [0.15, 0.2) is 46.6 Å². The highest BCUT2D eigenvalue weighted by Gasteiger charge is 2.32. The Hall–Kier alpha value is -2.58. The highest BCUT2D eigenvalue weighted by atomic mass is 79.9. The van der Waals surface area contributed by atoms with Crippen molar-refractivity contribution in [3.63, 3.8) is 0 Å². The van der Waals surface area contributed by atoms with Gasteiger partial charge in [0.05, 0.1) is 31.5 Å². The zero-order valence-corrected chi connectivity index (χ0v) is 17.3. The number of amides is 1. The molecule has 0 aromatic heterocycles. The van der Waals surface area contributed by atoms with Gasteiger partial charge in [-0.2, -0.15) is 0 Å². The second-order valence-electron chi connectivity index (χ2n) is 5.56. The van der Waals surface area contributed by atoms with Gasteiger partial charge in [-0.3, -0.25) is 9.69 Å². The molecule has 2 aromatic carbocycles. The fraction of sp³-hybridized carbons (Fsp3) is 0.158. The molecule has 1 aliphatic rings. The van der Waals surface area contributed by atoms with E-state index in [1.54, 1.807) is 57.7 Å². The number of halogens is 1. The molecule has 6 nitrogen and oxygen atoms in total. The molecule has 1 N–H and O–H groups in total. The van der Waals surface area contributed by atoms with E-state index < -0.39 is 0 Å². The van der Waals surface area contributed by atoms with Crippen LogP contribution in [-0.4, -0.2) is 32.3 Å². The Labute approximate surface area is 170 Å². The van der Waals surface area contributed by atoms with E-state index in [0.29, 0.717) is 39.3 Å². The molecule has 0 bridgehead atoms. The number of carbonyl (C=O) groups is 1. The number of hydrogen-bond donors (Lipinski definition) is 1. The van der Waals surface area contributed by atoms with E-state index >= 15 is 0 Å². The van der Waals surface area contributed by atoms with Crippen LogP contribution in [0.2, 0.25) is 0 Å². The molecule has 1 saturated heterocycles. The summed E-state index contributed by atoms with van der Waals surface area (Å²) in [6.45, 7) is 0. The first kappa shape index (κ1) is 19.2. The number of rotatable bonds is 5. The number of thiocarbonyl (C=S) groups is 1. The quantitative estimate of drug-likeness (QED) is 0.555. The first-order chi connectivity index (χ1) is 13.0. The summed E-state index contributed by atoms with van der Waals surface area (Å²) in [5, 5.41) is 3.27. The monoisotopic (exact) mass is 448 g/mol. The average Bonchev–Trinajstić information content (AvgIpc) is 2.95. The minimum Gasteiger partial charge on any atom is -0.497 e. The minimum absolute atomic E-state index is 0.251. The van der Waals surface area contributed by atoms with Gasteiger partial charge in [-0.05, 0) is 64.6 Å². The summed E-state index contributed by atoms with van der Waals surface area (Å²) >= 11 is 8.79. The van der Waals surface area contributed by atoms with Gasteiger partial charge in [0.2, 0.25) is 0 Å². The Morgan fingerprint density at radius 2 is 1.70 bits per heavy atom. The first-order valence-corrected chi connectivity index (χ1v) is 9.11. The molecule has 1 aliphatic heterocycles. The molecule has 8 heteroatoms. The topological polar surface area (TPSA) is 60.0 Å². The minimum atomic E-state index is -0.251. The lowest BCUT2D eigenvalue weighted by atomic mass is 10.1. The van der Waals surface area contributed by atoms with E-state index in [0.717, 1.165) is 4.47 Å². The first-order valence-electron chi connectivity index (χ1n) is 7.91. The predicted octanol–water partition coefficient (Wildman–Crippen LogP) is 3.74. The second-order valence-corrected chi connectivity index (χ2v) is 6.80. The maximum atomic E-state index is 12.9. The largest absolute Gasteiger partial charge is 0.497 e. The molecule has 0 unspecified atom stereocenters. The molecule has 0 aliphatic carbocycles. The fourth-order valence-electron chi connectivity index (χ4n) is 2.65. The van der Waals surface area contributed by atoms with E-state index in [2.05, 4.69) is 21.2 Å². The molecule has 1 amide bonds. The average molecular weight is 449 g/mol. The van der Waals surface area contributed by atoms with Gasteiger partial charge >= 0.3 is 0 Å². The molecule has 140 valence electrons. The van der Waals surface area contributed by atoms with Crippen molar-refractivity contribution in [1.29, 1.82) is 0 Å². The highest BCUT2D eigenvalue weighted by molar-refractivity contribution is 9.10. The summed E-state index contributed by atoms with van der Waals surface area (Å²) in [6.07, 6.45) is 1.70. The zero-order valence-electron chi connectivity index (χ0n) is 14.9. The van der Waals surface area contributed by atoms with Crippen LogP contribution < -0.4 is 24.4 Å². The summed E-state index contributed by atoms with van der Waals surface area (Å²) in [6, 6.07) is 10.7. The standard InChI is InChI=1S/C19H17BrN2O4S/c1-24-13-6-4-12(5-7-13)22-18(23)15(21-19(22)27)9-11-8-14(20)17(26-3)10-16(11)25-2/h4-10H,1-3H3,(H,21,27)/b15-9+. The molecule has 3 rings (SSSR count). The Morgan fingerprint density at radius 1 is 1.04 bits per heavy atom. The Bertz CT molecular complexity index is 928. The van der Waals surface area contributed by atoms with Gasteiger partial charge in [0.1, 0.15) is 22.9 Å². The van der Waals surface area contributed by atoms with Crippen molar-refractivity contribution in [2.24, 2.45) is 0 Å². The third kappa shape index (κ3) is 3.77. The maximum Gasteiger partial charge on any atom is 0.281 e. The van der Waals surface area contributed by atoms with Crippen LogP contribution >= 0.6 is 28.1 Å². The molecule has 0 radical (unpaired) electrons. The summed E-state index contributed by atoms with van der Waals surface area (Å²) < 4.78 is 16.6. The molecule has 27 heavy (non-hydrogen) atoms. The fourth-order valence-corrected chi connectivity index (χ4v) is 3.47. The molecule has 0 spiro atoms. The van der Waals surface area contributed by atoms with E-state index in [-0.39, 0.29) is 5.91 Å². The molecule has 0 saturated carbocycles. The number of nitrogens with one attached hydrogen (secondary N) is 1. The van der Waals surface area contributed by atoms with E-state index in [9.17, 15) is 4.79 Å². The van der Waals surface area contributed by atoms with E-state index in [4.69, 9.17) is 26.4 Å². The van der Waals surface area contributed by atoms with Crippen molar-refractivity contribution in [3.8, 4) is 17.2 Å². The lowest BCUT2D eigenvalue weighted by Gasteiger charge is -2.14. The second kappa shape index (κ2) is 7.98. The summed E-state index contributed by atoms with van der Waals surface area (Å²) in [5.74, 6) is 1.66. The SMILES string of the molecule is COc1ccc(N2C(=O)/C(=C\c3cc(Br)c(OC)cc3OC)NC2=S)cc1. The van der Waals surface area contributed by atoms with Crippen molar-refractivity contribution in [2.45, 2.75) is 0 Å². The lowest BCUT2D eigenvalue weighted by molar-refractivity contribution is -0.113. The van der Waals surface area contributed by atoms with Gasteiger partial charge < -0.3 is 19.5 Å². The van der Waals surface area contributed by atoms with Crippen LogP contribution in [-0.2, 0) is 4.79 Å². The summed E-state index contributed by atoms with van der Waals surface area (Å²) in [5.41, 5.74) is 1.72. The zero-order chi connectivity index (χ0) is 19.6. The third-order valence-corrected chi connectivity index (χ3v) is 4.92. The van der Waals surface area contributed by atoms with Crippen LogP contribution in [0.3, 0.4) is 0 Å². The highest BCUT2D eigenvalue weighted by Crippen LogP contribution is 2.34. The number of nitrogens with zero attached hydrogens (tertiary/aromatic N) is 1. The maximum absolute atomic E-state index is 12.9. The van der Waals surface area contributed by atoms with Crippen molar-refractivity contribution in [2.75, 3.05) is 26.2 Å². The van der Waals surface area contributed by atoms with Crippen LogP contribution in [0.25, 0.3) is 6.08 Å². The molecule has 2 aromatic rings. The Kier molecular flexibility index (Phi) is 5.67. The third-order valence-electron chi connectivity index (χ3n) is 4.01. The lowest BCUT2D eigenvalue weighted by Crippen LogP contribution is -2.30. The van der Waals surface area contributed by atoms with E-state index in [1.807, 2.05) is 6.07 Å². The molecular weight excluding hydrogens is 432 g/mol. The van der Waals surface area contributed by atoms with E-state index in [1.165, 1.54) is 4.90 Å². The van der Waals surface area contributed by atoms with Gasteiger partial charge in [0.15, 0.2) is 5.11 Å². The van der Waals surface area contributed by atoms with Crippen molar-refractivity contribution in [1.82, 2.24) is 5.32 Å². The van der Waals surface area contributed by atoms with Crippen LogP contribution in [0.4, 0.5) is 5.69 Å². The van der Waals surface area contributed by atoms with Gasteiger partial charge in [-0.1, -0.05) is 0 Å². The smallest absolute Gasteiger partial charge is 0.281 e. The van der Waals surface area contributed by atoms with Crippen LogP contribution in [0, 0.1) is 0 Å². The molecular formula is C19H17BrN2O4S. The predicted molar refractivity (Wildman–Crippen MR) is 111 cm³/mol. The summed E-state index contributed by atoms with van der Waals surface area (Å²) in [7, 11) is 4.72. The van der Waals surface area contributed by atoms with Crippen LogP contribution in [0.5, 0.6) is 17.2 Å². The van der Waals surface area contributed by atoms with Crippen molar-refractivity contribution >= 4 is 50.9 Å². The number of anilines is 1. The summed E-state index contributed by atoms with van der Waals surface area (Å²) in [4.78, 5) is 14.3. The Balaban J connectivity index is 1.95. The van der Waals surface area contributed by atoms with Crippen molar-refractivity contribution in [3.05, 3.63) is 52.1 Å². The number of ether oxygens (including phenoxy) is 3.